The van der Waals surface area contributed by atoms with Gasteiger partial charge in [-0.1, -0.05) is 0 Å². The molecule has 6 N–H and O–H groups in total. The fourth-order valence-corrected chi connectivity index (χ4v) is 4.51. The van der Waals surface area contributed by atoms with Crippen molar-refractivity contribution in [3.63, 3.8) is 0 Å². The molecule has 1 aliphatic heterocycles. The monoisotopic (exact) mass is 488 g/mol. The summed E-state index contributed by atoms with van der Waals surface area (Å²) in [4.78, 5) is 4.16. The van der Waals surface area contributed by atoms with Crippen molar-refractivity contribution in [3.05, 3.63) is 109 Å². The summed E-state index contributed by atoms with van der Waals surface area (Å²) in [6.07, 6.45) is 0. The second-order valence-electron chi connectivity index (χ2n) is 8.78. The topological polar surface area (TPSA) is 108 Å². The van der Waals surface area contributed by atoms with E-state index in [0.717, 1.165) is 34.1 Å². The zero-order chi connectivity index (χ0) is 25.5. The van der Waals surface area contributed by atoms with Gasteiger partial charge in [0.05, 0.1) is 11.4 Å². The summed E-state index contributed by atoms with van der Waals surface area (Å²) in [5.74, 6) is 1.18. The third-order valence-electron chi connectivity index (χ3n) is 6.26. The molecule has 1 aliphatic rings. The van der Waals surface area contributed by atoms with Crippen molar-refractivity contribution >= 4 is 45.5 Å². The van der Waals surface area contributed by atoms with Crippen molar-refractivity contribution in [2.45, 2.75) is 0 Å². The number of phenolic OH excluding ortho intramolecular Hbond substituents is 2. The zero-order valence-electron chi connectivity index (χ0n) is 19.7. The van der Waals surface area contributed by atoms with E-state index in [1.807, 2.05) is 89.8 Å². The first-order valence-electron chi connectivity index (χ1n) is 11.7. The lowest BCUT2D eigenvalue weighted by Crippen LogP contribution is -2.16. The molecule has 0 spiro atoms. The van der Waals surface area contributed by atoms with Gasteiger partial charge < -0.3 is 36.2 Å². The molecule has 1 heterocycles. The number of phenols is 2. The highest BCUT2D eigenvalue weighted by molar-refractivity contribution is 5.88. The molecule has 0 bridgehead atoms. The van der Waals surface area contributed by atoms with E-state index >= 15 is 0 Å². The maximum absolute atomic E-state index is 10.0. The molecule has 7 nitrogen and oxygen atoms in total. The third-order valence-corrected chi connectivity index (χ3v) is 6.26. The number of nitrogens with zero attached hydrogens (tertiary/aromatic N) is 2. The van der Waals surface area contributed by atoms with E-state index in [4.69, 9.17) is 16.2 Å². The van der Waals surface area contributed by atoms with E-state index in [1.165, 1.54) is 0 Å². The van der Waals surface area contributed by atoms with Crippen LogP contribution in [0.2, 0.25) is 0 Å². The van der Waals surface area contributed by atoms with Gasteiger partial charge >= 0.3 is 0 Å². The fourth-order valence-electron chi connectivity index (χ4n) is 4.51. The molecular formula is C30H24N4O3. The van der Waals surface area contributed by atoms with Gasteiger partial charge in [0, 0.05) is 46.3 Å². The largest absolute Gasteiger partial charge is 0.508 e. The number of ether oxygens (including phenoxy) is 1. The molecule has 0 saturated carbocycles. The quantitative estimate of drug-likeness (QED) is 0.193. The maximum Gasteiger partial charge on any atom is 0.155 e. The maximum atomic E-state index is 10.0. The van der Waals surface area contributed by atoms with Crippen LogP contribution in [0.1, 0.15) is 0 Å². The number of aromatic hydroxyl groups is 2. The number of nitrogen functional groups attached to an aromatic ring is 2. The van der Waals surface area contributed by atoms with Gasteiger partial charge in [-0.05, 0) is 97.1 Å². The van der Waals surface area contributed by atoms with Crippen LogP contribution in [-0.2, 0) is 0 Å². The van der Waals surface area contributed by atoms with Crippen LogP contribution < -0.4 is 26.0 Å². The first-order valence-corrected chi connectivity index (χ1v) is 11.7. The minimum absolute atomic E-state index is 0.0975. The summed E-state index contributed by atoms with van der Waals surface area (Å²) >= 11 is 0. The van der Waals surface area contributed by atoms with Gasteiger partial charge in [-0.25, -0.2) is 0 Å². The molecule has 0 fully saturated rings. The van der Waals surface area contributed by atoms with Crippen molar-refractivity contribution < 1.29 is 14.9 Å². The van der Waals surface area contributed by atoms with E-state index in [9.17, 15) is 10.2 Å². The summed E-state index contributed by atoms with van der Waals surface area (Å²) in [6.45, 7) is 0. The van der Waals surface area contributed by atoms with E-state index in [0.29, 0.717) is 22.9 Å². The number of anilines is 8. The lowest BCUT2D eigenvalue weighted by Gasteiger charge is -2.33. The summed E-state index contributed by atoms with van der Waals surface area (Å²) in [5, 5.41) is 20.1. The van der Waals surface area contributed by atoms with Crippen LogP contribution in [0.15, 0.2) is 109 Å². The summed E-state index contributed by atoms with van der Waals surface area (Å²) in [7, 11) is 0. The molecule has 37 heavy (non-hydrogen) atoms. The fraction of sp³-hybridized carbons (Fsp3) is 0. The van der Waals surface area contributed by atoms with Crippen molar-refractivity contribution in [1.82, 2.24) is 0 Å². The predicted octanol–water partition coefficient (Wildman–Crippen LogP) is 7.31. The number of nitrogens with two attached hydrogens (primary N) is 2. The van der Waals surface area contributed by atoms with Gasteiger partial charge in [0.15, 0.2) is 11.5 Å². The van der Waals surface area contributed by atoms with E-state index in [-0.39, 0.29) is 11.5 Å². The number of fused-ring (bicyclic) bond motifs is 2. The number of rotatable bonds is 4. The molecule has 0 atom stereocenters. The second kappa shape index (κ2) is 8.73. The van der Waals surface area contributed by atoms with Crippen LogP contribution in [0, 0.1) is 0 Å². The average molecular weight is 489 g/mol. The molecule has 6 rings (SSSR count). The lowest BCUT2D eigenvalue weighted by molar-refractivity contribution is 0.443. The average Bonchev–Trinajstić information content (AvgIpc) is 2.90. The minimum atomic E-state index is 0.0975. The van der Waals surface area contributed by atoms with E-state index < -0.39 is 0 Å². The summed E-state index contributed by atoms with van der Waals surface area (Å²) in [6, 6.07) is 33.5. The van der Waals surface area contributed by atoms with E-state index in [2.05, 4.69) is 4.90 Å². The number of benzene rings is 5. The molecule has 0 radical (unpaired) electrons. The Morgan fingerprint density at radius 1 is 0.541 bits per heavy atom. The SMILES string of the molecule is Nc1ccc(N(c2ccc(N)cc2)c2ccc(N3c4ccc(O)cc4Oc4cc(O)ccc43)cc2)cc1. The Kier molecular flexibility index (Phi) is 5.23. The molecule has 0 saturated heterocycles. The van der Waals surface area contributed by atoms with Crippen molar-refractivity contribution in [1.29, 1.82) is 0 Å². The van der Waals surface area contributed by atoms with Crippen molar-refractivity contribution in [2.75, 3.05) is 21.3 Å². The molecule has 0 aliphatic carbocycles. The first kappa shape index (κ1) is 22.2. The molecule has 5 aromatic carbocycles. The molecular weight excluding hydrogens is 464 g/mol. The predicted molar refractivity (Wildman–Crippen MR) is 148 cm³/mol. The Morgan fingerprint density at radius 2 is 0.946 bits per heavy atom. The highest BCUT2D eigenvalue weighted by Crippen LogP contribution is 2.52. The van der Waals surface area contributed by atoms with Gasteiger partial charge in [-0.2, -0.15) is 0 Å². The standard InChI is InChI=1S/C30H24N4O3/c31-19-1-5-21(6-2-19)33(22-7-3-20(32)4-8-22)23-9-11-24(12-10-23)34-27-15-13-25(35)17-29(27)37-30-18-26(36)14-16-28(30)34/h1-18,35-36H,31-32H2. The minimum Gasteiger partial charge on any atom is -0.508 e. The molecule has 182 valence electrons. The zero-order valence-corrected chi connectivity index (χ0v) is 19.7. The van der Waals surface area contributed by atoms with Crippen molar-refractivity contribution in [2.24, 2.45) is 0 Å². The van der Waals surface area contributed by atoms with Crippen LogP contribution in [0.4, 0.5) is 45.5 Å². The second-order valence-corrected chi connectivity index (χ2v) is 8.78. The van der Waals surface area contributed by atoms with Gasteiger partial charge in [-0.3, -0.25) is 0 Å². The van der Waals surface area contributed by atoms with Crippen molar-refractivity contribution in [3.8, 4) is 23.0 Å². The molecule has 0 amide bonds. The number of hydrogen-bond donors (Lipinski definition) is 4. The number of hydrogen-bond acceptors (Lipinski definition) is 7. The molecule has 0 aromatic heterocycles. The highest BCUT2D eigenvalue weighted by Gasteiger charge is 2.27. The molecule has 5 aromatic rings. The Balaban J connectivity index is 1.45. The highest BCUT2D eigenvalue weighted by atomic mass is 16.5. The van der Waals surface area contributed by atoms with Crippen LogP contribution in [0.5, 0.6) is 23.0 Å². The van der Waals surface area contributed by atoms with Crippen LogP contribution in [0.25, 0.3) is 0 Å². The van der Waals surface area contributed by atoms with Gasteiger partial charge in [0.25, 0.3) is 0 Å². The Labute approximate surface area is 214 Å². The Bertz CT molecular complexity index is 1490. The smallest absolute Gasteiger partial charge is 0.155 e. The van der Waals surface area contributed by atoms with Gasteiger partial charge in [0.1, 0.15) is 11.5 Å². The molecule has 7 heteroatoms. The van der Waals surface area contributed by atoms with Crippen LogP contribution >= 0.6 is 0 Å². The van der Waals surface area contributed by atoms with Gasteiger partial charge in [-0.15, -0.1) is 0 Å². The molecule has 0 unspecified atom stereocenters. The Hall–Kier alpha value is -5.30. The Morgan fingerprint density at radius 3 is 1.38 bits per heavy atom. The van der Waals surface area contributed by atoms with Crippen LogP contribution in [0.3, 0.4) is 0 Å². The van der Waals surface area contributed by atoms with Crippen LogP contribution in [-0.4, -0.2) is 10.2 Å². The van der Waals surface area contributed by atoms with Gasteiger partial charge in [0.2, 0.25) is 0 Å². The summed E-state index contributed by atoms with van der Waals surface area (Å²) < 4.78 is 6.00. The lowest BCUT2D eigenvalue weighted by atomic mass is 10.1. The third kappa shape index (κ3) is 4.08. The van der Waals surface area contributed by atoms with E-state index in [1.54, 1.807) is 24.3 Å². The summed E-state index contributed by atoms with van der Waals surface area (Å²) in [5.41, 5.74) is 18.6. The first-order chi connectivity index (χ1) is 18.0. The normalized spacial score (nSPS) is 11.8.